The van der Waals surface area contributed by atoms with Crippen LogP contribution in [-0.2, 0) is 113 Å². The number of carbonyl (C=O) groups is 10. The van der Waals surface area contributed by atoms with Gasteiger partial charge in [0.25, 0.3) is 0 Å². The SMILES string of the molecule is CCCC(=O)OCC1CCC(COC(=O)CCN(C)CCCCO)CC1.CCCC(=O)OCC1CCC(COC(=O)CCN(C)CCOCCO)CC1.CCCC(=O)OCCC(C)OC(=O)CCN(C)CCCn1ccnc1.CCCC(=O)OCCCCCCOC(=O)CCN(C)CCCCO.CCCC(=O)OCCCCOC(=O)CCN(C)CCCn1ccnc1. The van der Waals surface area contributed by atoms with E-state index in [4.69, 9.17) is 67.4 Å². The second-order valence-electron chi connectivity index (χ2n) is 33.3. The third-order valence-corrected chi connectivity index (χ3v) is 21.1. The van der Waals surface area contributed by atoms with Gasteiger partial charge in [0.2, 0.25) is 0 Å². The van der Waals surface area contributed by atoms with Crippen LogP contribution in [0.15, 0.2) is 37.4 Å². The number of aliphatic hydroxyl groups excluding tert-OH is 3. The number of unbranched alkanes of at least 4 members (excludes halogenated alkanes) is 6. The summed E-state index contributed by atoms with van der Waals surface area (Å²) in [5.74, 6) is 0.254. The summed E-state index contributed by atoms with van der Waals surface area (Å²) in [6, 6.07) is 0. The predicted octanol–water partition coefficient (Wildman–Crippen LogP) is 11.8. The zero-order chi connectivity index (χ0) is 94.0. The van der Waals surface area contributed by atoms with Crippen LogP contribution in [0.4, 0.5) is 0 Å². The van der Waals surface area contributed by atoms with Gasteiger partial charge in [-0.05, 0) is 253 Å². The van der Waals surface area contributed by atoms with Gasteiger partial charge in [-0.15, -0.1) is 0 Å². The molecule has 736 valence electrons. The molecule has 0 aromatic carbocycles. The zero-order valence-corrected chi connectivity index (χ0v) is 80.1. The van der Waals surface area contributed by atoms with Gasteiger partial charge >= 0.3 is 59.7 Å². The van der Waals surface area contributed by atoms with Crippen molar-refractivity contribution >= 4 is 59.7 Å². The summed E-state index contributed by atoms with van der Waals surface area (Å²) in [4.78, 5) is 134. The molecule has 2 saturated carbocycles. The van der Waals surface area contributed by atoms with E-state index in [1.807, 2.05) is 110 Å². The van der Waals surface area contributed by atoms with E-state index in [1.165, 1.54) is 0 Å². The molecule has 1 atom stereocenters. The van der Waals surface area contributed by atoms with E-state index in [0.29, 0.717) is 206 Å². The lowest BCUT2D eigenvalue weighted by atomic mass is 9.83. The first-order chi connectivity index (χ1) is 61.3. The van der Waals surface area contributed by atoms with Crippen LogP contribution in [0.3, 0.4) is 0 Å². The molecule has 2 fully saturated rings. The van der Waals surface area contributed by atoms with Crippen molar-refractivity contribution in [3.05, 3.63) is 37.4 Å². The molecule has 33 heteroatoms. The molecular weight excluding hydrogens is 1640 g/mol. The third-order valence-electron chi connectivity index (χ3n) is 21.1. The van der Waals surface area contributed by atoms with Gasteiger partial charge in [-0.2, -0.15) is 0 Å². The van der Waals surface area contributed by atoms with Gasteiger partial charge < -0.3 is 101 Å². The highest BCUT2D eigenvalue weighted by molar-refractivity contribution is 5.72. The Bertz CT molecular complexity index is 3000. The molecule has 2 aromatic rings. The molecule has 4 rings (SSSR count). The number of likely N-dealkylation sites (N-methyl/N-ethyl adjacent to an activating group) is 1. The number of esters is 10. The number of carbonyl (C=O) groups excluding carboxylic acids is 10. The molecule has 0 bridgehead atoms. The van der Waals surface area contributed by atoms with Crippen molar-refractivity contribution in [3.8, 4) is 0 Å². The molecule has 2 aliphatic rings. The fourth-order valence-electron chi connectivity index (χ4n) is 13.1. The Balaban J connectivity index is 0.00000156. The van der Waals surface area contributed by atoms with Crippen molar-refractivity contribution in [2.45, 2.75) is 292 Å². The fourth-order valence-corrected chi connectivity index (χ4v) is 13.1. The number of hydrogen-bond donors (Lipinski definition) is 3. The zero-order valence-electron chi connectivity index (χ0n) is 80.1. The van der Waals surface area contributed by atoms with Crippen LogP contribution >= 0.6 is 0 Å². The van der Waals surface area contributed by atoms with E-state index in [9.17, 15) is 47.9 Å². The Morgan fingerprint density at radius 1 is 0.315 bits per heavy atom. The van der Waals surface area contributed by atoms with Crippen LogP contribution < -0.4 is 0 Å². The molecule has 0 spiro atoms. The minimum absolute atomic E-state index is 0.0297. The van der Waals surface area contributed by atoms with Crippen molar-refractivity contribution in [2.24, 2.45) is 23.7 Å². The lowest BCUT2D eigenvalue weighted by molar-refractivity contribution is -0.151. The first kappa shape index (κ1) is 120. The molecular formula is C94H171N9O24. The van der Waals surface area contributed by atoms with Gasteiger partial charge in [-0.3, -0.25) is 47.9 Å². The smallest absolute Gasteiger partial charge is 0.307 e. The number of rotatable bonds is 70. The highest BCUT2D eigenvalue weighted by atomic mass is 16.6. The lowest BCUT2D eigenvalue weighted by Gasteiger charge is -2.28. The molecule has 2 aromatic heterocycles. The number of imidazole rings is 2. The largest absolute Gasteiger partial charge is 0.466 e. The van der Waals surface area contributed by atoms with Crippen LogP contribution in [0, 0.1) is 23.7 Å². The van der Waals surface area contributed by atoms with Gasteiger partial charge in [-0.25, -0.2) is 9.97 Å². The monoisotopic (exact) mass is 1810 g/mol. The quantitative estimate of drug-likeness (QED) is 0.0314. The molecule has 33 nitrogen and oxygen atoms in total. The molecule has 1 unspecified atom stereocenters. The molecule has 2 aliphatic carbocycles. The summed E-state index contributed by atoms with van der Waals surface area (Å²) in [6.45, 7) is 26.6. The van der Waals surface area contributed by atoms with Crippen LogP contribution in [-0.4, -0.2) is 318 Å². The second kappa shape index (κ2) is 84.3. The van der Waals surface area contributed by atoms with Crippen molar-refractivity contribution in [1.29, 1.82) is 0 Å². The molecule has 3 N–H and O–H groups in total. The minimum atomic E-state index is -0.242. The van der Waals surface area contributed by atoms with Crippen molar-refractivity contribution in [2.75, 3.05) is 193 Å². The van der Waals surface area contributed by atoms with Crippen LogP contribution in [0.2, 0.25) is 0 Å². The Kier molecular flexibility index (Phi) is 79.5. The Morgan fingerprint density at radius 3 is 0.890 bits per heavy atom. The van der Waals surface area contributed by atoms with E-state index in [0.717, 1.165) is 200 Å². The predicted molar refractivity (Wildman–Crippen MR) is 487 cm³/mol. The Morgan fingerprint density at radius 2 is 0.591 bits per heavy atom. The van der Waals surface area contributed by atoms with Crippen molar-refractivity contribution < 1.29 is 115 Å². The molecule has 127 heavy (non-hydrogen) atoms. The van der Waals surface area contributed by atoms with Gasteiger partial charge in [0.15, 0.2) is 0 Å². The fraction of sp³-hybridized carbons (Fsp3) is 0.830. The first-order valence-corrected chi connectivity index (χ1v) is 47.7. The van der Waals surface area contributed by atoms with E-state index in [2.05, 4.69) is 29.6 Å². The number of aryl methyl sites for hydroxylation is 2. The normalized spacial score (nSPS) is 14.9. The maximum absolute atomic E-state index is 11.9. The number of ether oxygens (including phenoxy) is 11. The highest BCUT2D eigenvalue weighted by Gasteiger charge is 2.26. The standard InChI is InChI=1S/C20H37NO6.C20H37NO5.2C18H31N3O4.C18H35NO5/c1-3-4-19(23)26-15-17-5-7-18(8-6-17)16-27-20(24)9-10-21(2)11-13-25-14-12-22;1-3-6-19(23)25-15-17-7-9-18(10-8-17)16-26-20(24)11-13-21(2)12-4-5-14-22;1-4-6-17(22)24-14-8-16(2)25-18(23)7-12-20(3)10-5-11-21-13-9-19-15-21;1-3-7-17(22)24-14-4-5-15-25-18(23)8-12-20(2)10-6-11-21-13-9-19-16-21;1-3-10-17(21)23-15-8-4-5-9-16-24-18(22)11-13-19(2)12-6-7-14-20/h17-18,22H,3-16H2,1-2H3;17-18,22H,3-16H2,1-2H3;9,13,15-16H,4-8,10-12,14H2,1-3H3;9,13,16H,3-8,10-12,14-15H2,1-2H3;20H,3-16H2,1-2H3. The van der Waals surface area contributed by atoms with E-state index < -0.39 is 0 Å². The second-order valence-corrected chi connectivity index (χ2v) is 33.3. The minimum Gasteiger partial charge on any atom is -0.466 e. The summed E-state index contributed by atoms with van der Waals surface area (Å²) in [6.07, 6.45) is 38.5. The maximum Gasteiger partial charge on any atom is 0.307 e. The van der Waals surface area contributed by atoms with E-state index in [1.54, 1.807) is 18.7 Å². The van der Waals surface area contributed by atoms with Crippen LogP contribution in [0.1, 0.15) is 273 Å². The van der Waals surface area contributed by atoms with Gasteiger partial charge in [0.1, 0.15) is 6.10 Å². The average Bonchev–Trinajstić information content (AvgIpc) is 1.43. The summed E-state index contributed by atoms with van der Waals surface area (Å²) in [7, 11) is 9.89. The van der Waals surface area contributed by atoms with Crippen molar-refractivity contribution in [3.63, 3.8) is 0 Å². The first-order valence-electron chi connectivity index (χ1n) is 47.7. The average molecular weight is 1810 g/mol. The maximum atomic E-state index is 11.9. The number of aromatic nitrogens is 4. The summed E-state index contributed by atoms with van der Waals surface area (Å²) in [5, 5.41) is 26.1. The van der Waals surface area contributed by atoms with Crippen LogP contribution in [0.25, 0.3) is 0 Å². The topological polar surface area (TPSA) is 385 Å². The van der Waals surface area contributed by atoms with Gasteiger partial charge in [0, 0.05) is 129 Å². The molecule has 0 radical (unpaired) electrons. The number of aliphatic hydroxyl groups is 3. The molecule has 0 amide bonds. The Hall–Kier alpha value is -7.24. The molecule has 0 aliphatic heterocycles. The number of hydrogen-bond acceptors (Lipinski definition) is 31. The van der Waals surface area contributed by atoms with Gasteiger partial charge in [0.05, 0.1) is 124 Å². The summed E-state index contributed by atoms with van der Waals surface area (Å²) in [5.41, 5.74) is 0. The van der Waals surface area contributed by atoms with Gasteiger partial charge in [-0.1, -0.05) is 34.6 Å². The van der Waals surface area contributed by atoms with E-state index in [-0.39, 0.29) is 85.6 Å². The molecule has 2 heterocycles. The highest BCUT2D eigenvalue weighted by Crippen LogP contribution is 2.31. The summed E-state index contributed by atoms with van der Waals surface area (Å²) < 4.78 is 61.7. The Labute approximate surface area is 761 Å². The van der Waals surface area contributed by atoms with E-state index >= 15 is 0 Å². The lowest BCUT2D eigenvalue weighted by Crippen LogP contribution is -2.28. The third kappa shape index (κ3) is 77.3. The summed E-state index contributed by atoms with van der Waals surface area (Å²) >= 11 is 0. The number of nitrogens with zero attached hydrogens (tertiary/aromatic N) is 9. The van der Waals surface area contributed by atoms with Crippen LogP contribution in [0.5, 0.6) is 0 Å². The van der Waals surface area contributed by atoms with Crippen molar-refractivity contribution in [1.82, 2.24) is 43.6 Å². The molecule has 0 saturated heterocycles.